The van der Waals surface area contributed by atoms with Crippen LogP contribution < -0.4 is 5.32 Å². The molecule has 1 aromatic heterocycles. The maximum Gasteiger partial charge on any atom is 0.219 e. The van der Waals surface area contributed by atoms with Gasteiger partial charge in [0, 0.05) is 6.20 Å². The second-order valence-corrected chi connectivity index (χ2v) is 10.6. The summed E-state index contributed by atoms with van der Waals surface area (Å²) in [5.74, 6) is 0. The fraction of sp³-hybridized carbons (Fsp3) is 0.0588. The van der Waals surface area contributed by atoms with Crippen LogP contribution in [-0.4, -0.2) is 27.0 Å². The highest BCUT2D eigenvalue weighted by Gasteiger charge is 2.33. The average Bonchev–Trinajstić information content (AvgIpc) is 3.08. The second kappa shape index (κ2) is 7.59. The van der Waals surface area contributed by atoms with E-state index in [1.54, 1.807) is 19.1 Å². The summed E-state index contributed by atoms with van der Waals surface area (Å²) in [6, 6.07) is 14.8. The molecule has 2 aromatic carbocycles. The Balaban J connectivity index is 2.15. The molecule has 1 heterocycles. The molecule has 0 radical (unpaired) electrons. The van der Waals surface area contributed by atoms with E-state index in [0.717, 1.165) is 6.20 Å². The van der Waals surface area contributed by atoms with E-state index in [1.165, 1.54) is 59.9 Å². The Kier molecular flexibility index (Phi) is 5.40. The molecule has 0 atom stereocenters. The maximum atomic E-state index is 13.1. The predicted octanol–water partition coefficient (Wildman–Crippen LogP) is 3.01. The summed E-state index contributed by atoms with van der Waals surface area (Å²) >= 11 is 1.18. The molecule has 0 saturated heterocycles. The number of hydrogen-bond acceptors (Lipinski definition) is 8. The number of nitrogens with one attached hydrogen (secondary N) is 1. The van der Waals surface area contributed by atoms with Crippen molar-refractivity contribution in [3.05, 3.63) is 76.1 Å². The minimum Gasteiger partial charge on any atom is -0.335 e. The van der Waals surface area contributed by atoms with Gasteiger partial charge >= 0.3 is 0 Å². The van der Waals surface area contributed by atoms with Crippen molar-refractivity contribution in [2.45, 2.75) is 16.7 Å². The van der Waals surface area contributed by atoms with Crippen LogP contribution in [0.1, 0.15) is 5.01 Å². The third-order valence-electron chi connectivity index (χ3n) is 3.48. The minimum absolute atomic E-state index is 0.119. The Morgan fingerprint density at radius 3 is 1.74 bits per heavy atom. The van der Waals surface area contributed by atoms with Crippen LogP contribution in [0.2, 0.25) is 0 Å². The van der Waals surface area contributed by atoms with Crippen molar-refractivity contribution in [3.63, 3.8) is 0 Å². The molecular formula is C17H15N3O4S3. The highest BCUT2D eigenvalue weighted by atomic mass is 32.3. The molecule has 140 valence electrons. The zero-order chi connectivity index (χ0) is 19.5. The van der Waals surface area contributed by atoms with Crippen molar-refractivity contribution in [2.24, 2.45) is 0 Å². The summed E-state index contributed by atoms with van der Waals surface area (Å²) in [5, 5.41) is 11.2. The van der Waals surface area contributed by atoms with Gasteiger partial charge in [0.2, 0.25) is 24.8 Å². The Labute approximate surface area is 161 Å². The standard InChI is InChI=1S/C17H15N3O4S3/c1-13-19-20-17(25-13)18-12-16(26(21,22)14-8-4-2-5-9-14)27(23,24)15-10-6-3-7-11-15/h2-12H,1H3,(H,18,20). The number of rotatable bonds is 6. The van der Waals surface area contributed by atoms with Gasteiger partial charge in [-0.1, -0.05) is 47.7 Å². The molecule has 3 rings (SSSR count). The van der Waals surface area contributed by atoms with Gasteiger partial charge in [-0.25, -0.2) is 16.8 Å². The van der Waals surface area contributed by atoms with Crippen LogP contribution in [0.25, 0.3) is 0 Å². The molecule has 27 heavy (non-hydrogen) atoms. The average molecular weight is 422 g/mol. The molecular weight excluding hydrogens is 406 g/mol. The number of aryl methyl sites for hydroxylation is 1. The SMILES string of the molecule is Cc1nnc(NC=C(S(=O)(=O)c2ccccc2)S(=O)(=O)c2ccccc2)s1. The van der Waals surface area contributed by atoms with Gasteiger partial charge in [0.05, 0.1) is 9.79 Å². The van der Waals surface area contributed by atoms with E-state index in [-0.39, 0.29) is 14.9 Å². The van der Waals surface area contributed by atoms with Crippen molar-refractivity contribution < 1.29 is 16.8 Å². The summed E-state index contributed by atoms with van der Waals surface area (Å²) < 4.78 is 51.5. The van der Waals surface area contributed by atoms with E-state index in [2.05, 4.69) is 15.5 Å². The molecule has 7 nitrogen and oxygen atoms in total. The van der Waals surface area contributed by atoms with Crippen LogP contribution in [0, 0.1) is 6.92 Å². The van der Waals surface area contributed by atoms with Crippen LogP contribution in [-0.2, 0) is 19.7 Å². The second-order valence-electron chi connectivity index (χ2n) is 5.37. The maximum absolute atomic E-state index is 13.1. The molecule has 0 unspecified atom stereocenters. The summed E-state index contributed by atoms with van der Waals surface area (Å²) in [6.45, 7) is 1.73. The van der Waals surface area contributed by atoms with Gasteiger partial charge in [0.25, 0.3) is 0 Å². The normalized spacial score (nSPS) is 11.7. The molecule has 3 aromatic rings. The lowest BCUT2D eigenvalue weighted by molar-refractivity contribution is 0.595. The highest BCUT2D eigenvalue weighted by Crippen LogP contribution is 2.29. The Bertz CT molecular complexity index is 1100. The zero-order valence-corrected chi connectivity index (χ0v) is 16.6. The van der Waals surface area contributed by atoms with Gasteiger partial charge in [0.1, 0.15) is 5.01 Å². The third-order valence-corrected chi connectivity index (χ3v) is 8.64. The molecule has 0 fully saturated rings. The Hall–Kier alpha value is -2.56. The van der Waals surface area contributed by atoms with Crippen LogP contribution >= 0.6 is 11.3 Å². The molecule has 10 heteroatoms. The van der Waals surface area contributed by atoms with E-state index in [0.29, 0.717) is 5.01 Å². The van der Waals surface area contributed by atoms with E-state index < -0.39 is 23.9 Å². The zero-order valence-electron chi connectivity index (χ0n) is 14.1. The smallest absolute Gasteiger partial charge is 0.219 e. The van der Waals surface area contributed by atoms with Crippen molar-refractivity contribution in [1.82, 2.24) is 10.2 Å². The summed E-state index contributed by atoms with van der Waals surface area (Å²) in [5.41, 5.74) is 0. The molecule has 0 aliphatic rings. The molecule has 0 aliphatic heterocycles. The highest BCUT2D eigenvalue weighted by molar-refractivity contribution is 8.14. The molecule has 0 aliphatic carbocycles. The first-order valence-electron chi connectivity index (χ1n) is 7.69. The fourth-order valence-corrected chi connectivity index (χ4v) is 6.42. The summed E-state index contributed by atoms with van der Waals surface area (Å²) in [6.07, 6.45) is 0.949. The van der Waals surface area contributed by atoms with Gasteiger partial charge in [-0.15, -0.1) is 10.2 Å². The minimum atomic E-state index is -4.30. The van der Waals surface area contributed by atoms with Gasteiger partial charge in [0.15, 0.2) is 4.24 Å². The van der Waals surface area contributed by atoms with Crippen LogP contribution in [0.4, 0.5) is 5.13 Å². The lowest BCUT2D eigenvalue weighted by Gasteiger charge is -2.11. The van der Waals surface area contributed by atoms with E-state index >= 15 is 0 Å². The predicted molar refractivity (Wildman–Crippen MR) is 104 cm³/mol. The van der Waals surface area contributed by atoms with Crippen LogP contribution in [0.15, 0.2) is 80.9 Å². The lowest BCUT2D eigenvalue weighted by atomic mass is 10.4. The van der Waals surface area contributed by atoms with Crippen molar-refractivity contribution in [1.29, 1.82) is 0 Å². The molecule has 0 saturated carbocycles. The largest absolute Gasteiger partial charge is 0.335 e. The van der Waals surface area contributed by atoms with Gasteiger partial charge in [-0.05, 0) is 31.2 Å². The number of sulfone groups is 2. The van der Waals surface area contributed by atoms with E-state index in [1.807, 2.05) is 0 Å². The number of anilines is 1. The fourth-order valence-electron chi connectivity index (χ4n) is 2.21. The van der Waals surface area contributed by atoms with Gasteiger partial charge in [-0.3, -0.25) is 0 Å². The third kappa shape index (κ3) is 4.07. The Morgan fingerprint density at radius 2 is 1.33 bits per heavy atom. The number of hydrogen-bond donors (Lipinski definition) is 1. The van der Waals surface area contributed by atoms with Gasteiger partial charge in [-0.2, -0.15) is 0 Å². The number of aromatic nitrogens is 2. The lowest BCUT2D eigenvalue weighted by Crippen LogP contribution is -2.16. The van der Waals surface area contributed by atoms with Crippen LogP contribution in [0.3, 0.4) is 0 Å². The topological polar surface area (TPSA) is 106 Å². The summed E-state index contributed by atoms with van der Waals surface area (Å²) in [4.78, 5) is -0.239. The van der Waals surface area contributed by atoms with Crippen molar-refractivity contribution >= 4 is 36.1 Å². The van der Waals surface area contributed by atoms with E-state index in [4.69, 9.17) is 0 Å². The number of nitrogens with zero attached hydrogens (tertiary/aromatic N) is 2. The van der Waals surface area contributed by atoms with Crippen molar-refractivity contribution in [2.75, 3.05) is 5.32 Å². The first kappa shape index (κ1) is 19.2. The quantitative estimate of drug-likeness (QED) is 0.652. The van der Waals surface area contributed by atoms with Gasteiger partial charge < -0.3 is 5.32 Å². The molecule has 0 spiro atoms. The van der Waals surface area contributed by atoms with Crippen LogP contribution in [0.5, 0.6) is 0 Å². The molecule has 1 N–H and O–H groups in total. The monoisotopic (exact) mass is 421 g/mol. The van der Waals surface area contributed by atoms with Crippen molar-refractivity contribution in [3.8, 4) is 0 Å². The molecule has 0 amide bonds. The molecule has 0 bridgehead atoms. The number of benzene rings is 2. The van der Waals surface area contributed by atoms with E-state index in [9.17, 15) is 16.8 Å². The Morgan fingerprint density at radius 1 is 0.852 bits per heavy atom. The first-order chi connectivity index (χ1) is 12.8. The first-order valence-corrected chi connectivity index (χ1v) is 11.5. The summed E-state index contributed by atoms with van der Waals surface area (Å²) in [7, 11) is -8.61.